The maximum atomic E-state index is 13.7. The highest BCUT2D eigenvalue weighted by atomic mass is 35.5. The Morgan fingerprint density at radius 1 is 1.14 bits per heavy atom. The molecule has 9 heteroatoms. The Labute approximate surface area is 129 Å². The number of sulfonamides is 1. The Morgan fingerprint density at radius 3 is 2.45 bits per heavy atom. The maximum absolute atomic E-state index is 13.7. The first-order valence-corrected chi connectivity index (χ1v) is 7.67. The second kappa shape index (κ2) is 6.45. The van der Waals surface area contributed by atoms with Crippen LogP contribution in [0.25, 0.3) is 0 Å². The smallest absolute Gasteiger partial charge is 0.387 e. The van der Waals surface area contributed by atoms with E-state index in [0.717, 1.165) is 18.2 Å². The van der Waals surface area contributed by atoms with Gasteiger partial charge in [0, 0.05) is 5.02 Å². The summed E-state index contributed by atoms with van der Waals surface area (Å²) in [6, 6.07) is 8.16. The highest BCUT2D eigenvalue weighted by Gasteiger charge is 2.21. The first kappa shape index (κ1) is 16.4. The number of rotatable bonds is 5. The van der Waals surface area contributed by atoms with Gasteiger partial charge in [0.1, 0.15) is 16.5 Å². The van der Waals surface area contributed by atoms with Crippen LogP contribution >= 0.6 is 11.6 Å². The van der Waals surface area contributed by atoms with E-state index in [0.29, 0.717) is 0 Å². The molecular formula is C13H9ClF3NO3S. The number of nitrogens with one attached hydrogen (secondary N) is 1. The fourth-order valence-electron chi connectivity index (χ4n) is 1.64. The summed E-state index contributed by atoms with van der Waals surface area (Å²) in [7, 11) is -4.33. The number of ether oxygens (including phenoxy) is 1. The molecule has 4 nitrogen and oxygen atoms in total. The van der Waals surface area contributed by atoms with E-state index in [4.69, 9.17) is 11.6 Å². The van der Waals surface area contributed by atoms with Crippen molar-refractivity contribution in [2.24, 2.45) is 0 Å². The minimum absolute atomic E-state index is 0.0258. The number of benzene rings is 2. The van der Waals surface area contributed by atoms with Crippen LogP contribution in [0.2, 0.25) is 5.02 Å². The van der Waals surface area contributed by atoms with Gasteiger partial charge in [-0.1, -0.05) is 23.7 Å². The number of hydrogen-bond acceptors (Lipinski definition) is 3. The molecule has 0 radical (unpaired) electrons. The molecule has 2 rings (SSSR count). The predicted molar refractivity (Wildman–Crippen MR) is 75.3 cm³/mol. The molecule has 2 aromatic rings. The van der Waals surface area contributed by atoms with Crippen LogP contribution in [0.4, 0.5) is 18.9 Å². The van der Waals surface area contributed by atoms with E-state index < -0.39 is 27.3 Å². The minimum Gasteiger partial charge on any atom is -0.433 e. The summed E-state index contributed by atoms with van der Waals surface area (Å²) in [6.45, 7) is -3.13. The van der Waals surface area contributed by atoms with Crippen molar-refractivity contribution in [1.82, 2.24) is 0 Å². The molecule has 118 valence electrons. The second-order valence-corrected chi connectivity index (χ2v) is 6.14. The van der Waals surface area contributed by atoms with Gasteiger partial charge in [-0.25, -0.2) is 12.8 Å². The van der Waals surface area contributed by atoms with Crippen LogP contribution in [0.1, 0.15) is 0 Å². The van der Waals surface area contributed by atoms with Crippen LogP contribution in [0.5, 0.6) is 5.75 Å². The Hall–Kier alpha value is -1.93. The van der Waals surface area contributed by atoms with Crippen LogP contribution in [0.15, 0.2) is 47.4 Å². The van der Waals surface area contributed by atoms with Gasteiger partial charge < -0.3 is 4.74 Å². The summed E-state index contributed by atoms with van der Waals surface area (Å²) in [5.74, 6) is -1.44. The van der Waals surface area contributed by atoms with Gasteiger partial charge in [0.05, 0.1) is 5.69 Å². The maximum Gasteiger partial charge on any atom is 0.387 e. The molecule has 2 aromatic carbocycles. The molecule has 0 saturated carbocycles. The molecule has 0 aliphatic rings. The second-order valence-electron chi connectivity index (χ2n) is 4.05. The zero-order valence-corrected chi connectivity index (χ0v) is 12.3. The third-order valence-electron chi connectivity index (χ3n) is 2.53. The SMILES string of the molecule is O=S(=O)(Nc1ccccc1OC(F)F)c1ccc(Cl)cc1F. The monoisotopic (exact) mass is 351 g/mol. The molecule has 0 atom stereocenters. The summed E-state index contributed by atoms with van der Waals surface area (Å²) in [6.07, 6.45) is 0. The number of para-hydroxylation sites is 2. The summed E-state index contributed by atoms with van der Waals surface area (Å²) in [4.78, 5) is -0.663. The van der Waals surface area contributed by atoms with Crippen molar-refractivity contribution in [3.63, 3.8) is 0 Å². The highest BCUT2D eigenvalue weighted by Crippen LogP contribution is 2.29. The number of hydrogen-bond donors (Lipinski definition) is 1. The van der Waals surface area contributed by atoms with E-state index in [9.17, 15) is 21.6 Å². The van der Waals surface area contributed by atoms with Crippen molar-refractivity contribution in [2.75, 3.05) is 4.72 Å². The molecule has 0 bridgehead atoms. The number of anilines is 1. The summed E-state index contributed by atoms with van der Waals surface area (Å²) in [5.41, 5.74) is -0.239. The van der Waals surface area contributed by atoms with E-state index in [1.807, 2.05) is 4.72 Å². The summed E-state index contributed by atoms with van der Waals surface area (Å²) in [5, 5.41) is 0.0258. The molecule has 0 aliphatic carbocycles. The molecule has 1 N–H and O–H groups in total. The average Bonchev–Trinajstić information content (AvgIpc) is 2.39. The molecule has 0 amide bonds. The van der Waals surface area contributed by atoms with E-state index in [2.05, 4.69) is 4.74 Å². The average molecular weight is 352 g/mol. The van der Waals surface area contributed by atoms with Crippen molar-refractivity contribution < 1.29 is 26.3 Å². The van der Waals surface area contributed by atoms with Crippen LogP contribution in [0, 0.1) is 5.82 Å². The molecule has 0 spiro atoms. The predicted octanol–water partition coefficient (Wildman–Crippen LogP) is 3.88. The molecule has 0 saturated heterocycles. The van der Waals surface area contributed by atoms with Gasteiger partial charge >= 0.3 is 6.61 Å². The van der Waals surface area contributed by atoms with Crippen LogP contribution < -0.4 is 9.46 Å². The minimum atomic E-state index is -4.33. The zero-order valence-electron chi connectivity index (χ0n) is 10.8. The Morgan fingerprint density at radius 2 is 1.82 bits per heavy atom. The Bertz CT molecular complexity index is 784. The summed E-state index contributed by atoms with van der Waals surface area (Å²) < 4.78 is 68.8. The lowest BCUT2D eigenvalue weighted by Gasteiger charge is -2.13. The number of alkyl halides is 2. The van der Waals surface area contributed by atoms with Crippen molar-refractivity contribution >= 4 is 27.3 Å². The zero-order chi connectivity index (χ0) is 16.3. The quantitative estimate of drug-likeness (QED) is 0.889. The molecular weight excluding hydrogens is 343 g/mol. The topological polar surface area (TPSA) is 55.4 Å². The van der Waals surface area contributed by atoms with Crippen molar-refractivity contribution in [3.05, 3.63) is 53.3 Å². The van der Waals surface area contributed by atoms with Gasteiger partial charge in [-0.05, 0) is 30.3 Å². The summed E-state index contributed by atoms with van der Waals surface area (Å²) >= 11 is 5.55. The van der Waals surface area contributed by atoms with Crippen molar-refractivity contribution in [1.29, 1.82) is 0 Å². The third kappa shape index (κ3) is 3.83. The van der Waals surface area contributed by atoms with Crippen molar-refractivity contribution in [2.45, 2.75) is 11.5 Å². The lowest BCUT2D eigenvalue weighted by molar-refractivity contribution is -0.0493. The van der Waals surface area contributed by atoms with Gasteiger partial charge in [0.25, 0.3) is 10.0 Å². The Balaban J connectivity index is 2.37. The van der Waals surface area contributed by atoms with Crippen LogP contribution in [0.3, 0.4) is 0 Å². The lowest BCUT2D eigenvalue weighted by atomic mass is 10.3. The van der Waals surface area contributed by atoms with Gasteiger partial charge in [-0.3, -0.25) is 4.72 Å². The van der Waals surface area contributed by atoms with Gasteiger partial charge in [-0.15, -0.1) is 0 Å². The van der Waals surface area contributed by atoms with Crippen molar-refractivity contribution in [3.8, 4) is 5.75 Å². The lowest BCUT2D eigenvalue weighted by Crippen LogP contribution is -2.16. The molecule has 0 aliphatic heterocycles. The van der Waals surface area contributed by atoms with Crippen LogP contribution in [-0.4, -0.2) is 15.0 Å². The number of halogens is 4. The van der Waals surface area contributed by atoms with E-state index >= 15 is 0 Å². The highest BCUT2D eigenvalue weighted by molar-refractivity contribution is 7.92. The van der Waals surface area contributed by atoms with E-state index in [1.165, 1.54) is 24.3 Å². The van der Waals surface area contributed by atoms with Gasteiger partial charge in [-0.2, -0.15) is 8.78 Å². The first-order valence-electron chi connectivity index (χ1n) is 5.81. The molecule has 0 heterocycles. The Kier molecular flexibility index (Phi) is 4.82. The largest absolute Gasteiger partial charge is 0.433 e. The van der Waals surface area contributed by atoms with Gasteiger partial charge in [0.2, 0.25) is 0 Å². The van der Waals surface area contributed by atoms with E-state index in [-0.39, 0.29) is 16.5 Å². The van der Waals surface area contributed by atoms with E-state index in [1.54, 1.807) is 0 Å². The molecule has 0 fully saturated rings. The van der Waals surface area contributed by atoms with Crippen LogP contribution in [-0.2, 0) is 10.0 Å². The third-order valence-corrected chi connectivity index (χ3v) is 4.16. The van der Waals surface area contributed by atoms with Gasteiger partial charge in [0.15, 0.2) is 0 Å². The molecule has 0 aromatic heterocycles. The fourth-order valence-corrected chi connectivity index (χ4v) is 2.93. The molecule has 0 unspecified atom stereocenters. The first-order chi connectivity index (χ1) is 10.3. The fraction of sp³-hybridized carbons (Fsp3) is 0.0769. The normalized spacial score (nSPS) is 11.5. The standard InChI is InChI=1S/C13H9ClF3NO3S/c14-8-5-6-12(9(15)7-8)22(19,20)18-10-3-1-2-4-11(10)21-13(16)17/h1-7,13,18H. The molecule has 22 heavy (non-hydrogen) atoms.